The number of hydrogen-bond acceptors (Lipinski definition) is 6. The van der Waals surface area contributed by atoms with E-state index in [0.717, 1.165) is 12.8 Å². The highest BCUT2D eigenvalue weighted by atomic mass is 35.5. The van der Waals surface area contributed by atoms with E-state index in [-0.39, 0.29) is 29.4 Å². The summed E-state index contributed by atoms with van der Waals surface area (Å²) < 4.78 is 10.6. The summed E-state index contributed by atoms with van der Waals surface area (Å²) in [5.74, 6) is 0.0492. The molecule has 1 aromatic rings. The molecule has 9 heteroatoms. The van der Waals surface area contributed by atoms with Gasteiger partial charge in [0.1, 0.15) is 5.56 Å². The lowest BCUT2D eigenvalue weighted by atomic mass is 10.1. The van der Waals surface area contributed by atoms with E-state index in [1.807, 2.05) is 0 Å². The van der Waals surface area contributed by atoms with Crippen molar-refractivity contribution in [1.82, 2.24) is 10.6 Å². The second-order valence-corrected chi connectivity index (χ2v) is 6.61. The number of carbonyl (C=O) groups is 1. The number of carbonyl (C=O) groups excluding carboxylic acids is 1. The van der Waals surface area contributed by atoms with Crippen molar-refractivity contribution in [2.45, 2.75) is 51.5 Å². The van der Waals surface area contributed by atoms with Crippen molar-refractivity contribution >= 4 is 24.0 Å². The standard InChI is InChI=1S/C19H29N3O5.ClH/c1-3-27-18-13-16(22(24)25)15(12-17(18)26-2)19(23)21-11-10-20-14-8-6-4-5-7-9-14;/h12-14,20H,3-11H2,1-2H3,(H,21,23);1H. The largest absolute Gasteiger partial charge is 0.493 e. The van der Waals surface area contributed by atoms with Gasteiger partial charge in [-0.3, -0.25) is 14.9 Å². The number of halogens is 1. The lowest BCUT2D eigenvalue weighted by Gasteiger charge is -2.16. The number of amides is 1. The van der Waals surface area contributed by atoms with E-state index in [0.29, 0.717) is 31.5 Å². The third-order valence-corrected chi connectivity index (χ3v) is 4.72. The van der Waals surface area contributed by atoms with Crippen molar-refractivity contribution in [3.63, 3.8) is 0 Å². The Kier molecular flexibility index (Phi) is 10.6. The zero-order valence-corrected chi connectivity index (χ0v) is 17.3. The predicted octanol–water partition coefficient (Wildman–Crippen LogP) is 3.47. The Hall–Kier alpha value is -2.06. The molecule has 2 N–H and O–H groups in total. The number of benzene rings is 1. The molecule has 0 bridgehead atoms. The number of nitro groups is 1. The first-order valence-corrected chi connectivity index (χ1v) is 9.57. The van der Waals surface area contributed by atoms with Gasteiger partial charge in [0.05, 0.1) is 24.7 Å². The molecule has 28 heavy (non-hydrogen) atoms. The van der Waals surface area contributed by atoms with Crippen LogP contribution in [0.2, 0.25) is 0 Å². The number of methoxy groups -OCH3 is 1. The van der Waals surface area contributed by atoms with Crippen LogP contribution < -0.4 is 20.1 Å². The molecule has 0 aliphatic heterocycles. The molecular formula is C19H30ClN3O5. The van der Waals surface area contributed by atoms with Crippen molar-refractivity contribution in [3.05, 3.63) is 27.8 Å². The third kappa shape index (κ3) is 6.83. The second kappa shape index (κ2) is 12.4. The minimum absolute atomic E-state index is 0. The highest BCUT2D eigenvalue weighted by molar-refractivity contribution is 5.99. The third-order valence-electron chi connectivity index (χ3n) is 4.72. The summed E-state index contributed by atoms with van der Waals surface area (Å²) in [6, 6.07) is 3.09. The quantitative estimate of drug-likeness (QED) is 0.277. The van der Waals surface area contributed by atoms with Crippen molar-refractivity contribution in [2.24, 2.45) is 0 Å². The van der Waals surface area contributed by atoms with Crippen molar-refractivity contribution in [2.75, 3.05) is 26.8 Å². The predicted molar refractivity (Wildman–Crippen MR) is 110 cm³/mol. The van der Waals surface area contributed by atoms with E-state index in [9.17, 15) is 14.9 Å². The Morgan fingerprint density at radius 2 is 1.86 bits per heavy atom. The van der Waals surface area contributed by atoms with E-state index in [1.165, 1.54) is 44.9 Å². The molecule has 1 fully saturated rings. The molecule has 1 amide bonds. The molecule has 2 rings (SSSR count). The Balaban J connectivity index is 0.00000392. The number of rotatable bonds is 9. The van der Waals surface area contributed by atoms with Crippen molar-refractivity contribution < 1.29 is 19.2 Å². The maximum absolute atomic E-state index is 12.5. The van der Waals surface area contributed by atoms with E-state index in [2.05, 4.69) is 10.6 Å². The SMILES string of the molecule is CCOc1cc([N+](=O)[O-])c(C(=O)NCCNC2CCCCCC2)cc1OC.Cl. The average Bonchev–Trinajstić information content (AvgIpc) is 2.93. The van der Waals surface area contributed by atoms with Gasteiger partial charge in [-0.1, -0.05) is 25.7 Å². The first-order valence-electron chi connectivity index (χ1n) is 9.57. The Morgan fingerprint density at radius 3 is 2.43 bits per heavy atom. The van der Waals surface area contributed by atoms with E-state index in [4.69, 9.17) is 9.47 Å². The second-order valence-electron chi connectivity index (χ2n) is 6.61. The number of hydrogen-bond donors (Lipinski definition) is 2. The molecule has 0 spiro atoms. The van der Waals surface area contributed by atoms with Crippen LogP contribution in [0.4, 0.5) is 5.69 Å². The molecule has 1 aliphatic carbocycles. The topological polar surface area (TPSA) is 103 Å². The van der Waals surface area contributed by atoms with Crippen molar-refractivity contribution in [3.8, 4) is 11.5 Å². The number of nitro benzene ring substituents is 1. The monoisotopic (exact) mass is 415 g/mol. The van der Waals surface area contributed by atoms with Crippen LogP contribution in [0.15, 0.2) is 12.1 Å². The van der Waals surface area contributed by atoms with Crippen LogP contribution in [0.25, 0.3) is 0 Å². The molecular weight excluding hydrogens is 386 g/mol. The van der Waals surface area contributed by atoms with Gasteiger partial charge < -0.3 is 20.1 Å². The lowest BCUT2D eigenvalue weighted by Crippen LogP contribution is -2.37. The molecule has 8 nitrogen and oxygen atoms in total. The maximum atomic E-state index is 12.5. The first-order chi connectivity index (χ1) is 13.1. The zero-order valence-electron chi connectivity index (χ0n) is 16.5. The molecule has 0 aromatic heterocycles. The minimum atomic E-state index is -0.583. The number of nitrogens with zero attached hydrogens (tertiary/aromatic N) is 1. The zero-order chi connectivity index (χ0) is 19.6. The van der Waals surface area contributed by atoms with Crippen LogP contribution >= 0.6 is 12.4 Å². The van der Waals surface area contributed by atoms with Gasteiger partial charge in [0.15, 0.2) is 11.5 Å². The van der Waals surface area contributed by atoms with E-state index >= 15 is 0 Å². The highest BCUT2D eigenvalue weighted by Crippen LogP contribution is 2.34. The fraction of sp³-hybridized carbons (Fsp3) is 0.632. The van der Waals surface area contributed by atoms with Crippen molar-refractivity contribution in [1.29, 1.82) is 0 Å². The van der Waals surface area contributed by atoms with Gasteiger partial charge in [0.2, 0.25) is 0 Å². The normalized spacial score (nSPS) is 14.5. The van der Waals surface area contributed by atoms with Gasteiger partial charge in [-0.25, -0.2) is 0 Å². The molecule has 0 unspecified atom stereocenters. The van der Waals surface area contributed by atoms with Gasteiger partial charge in [-0.05, 0) is 19.8 Å². The molecule has 1 saturated carbocycles. The Morgan fingerprint density at radius 1 is 1.18 bits per heavy atom. The van der Waals surface area contributed by atoms with Crippen LogP contribution in [0.1, 0.15) is 55.8 Å². The summed E-state index contributed by atoms with van der Waals surface area (Å²) in [7, 11) is 1.43. The molecule has 0 atom stereocenters. The summed E-state index contributed by atoms with van der Waals surface area (Å²) >= 11 is 0. The van der Waals surface area contributed by atoms with Gasteiger partial charge in [-0.15, -0.1) is 12.4 Å². The van der Waals surface area contributed by atoms with E-state index < -0.39 is 10.8 Å². The molecule has 0 saturated heterocycles. The smallest absolute Gasteiger partial charge is 0.286 e. The van der Waals surface area contributed by atoms with Crippen LogP contribution in [-0.2, 0) is 0 Å². The van der Waals surface area contributed by atoms with Gasteiger partial charge >= 0.3 is 0 Å². The first kappa shape index (κ1) is 24.0. The average molecular weight is 416 g/mol. The molecule has 0 heterocycles. The fourth-order valence-corrected chi connectivity index (χ4v) is 3.34. The number of nitrogens with one attached hydrogen (secondary N) is 2. The lowest BCUT2D eigenvalue weighted by molar-refractivity contribution is -0.385. The summed E-state index contributed by atoms with van der Waals surface area (Å²) in [6.07, 6.45) is 7.38. The summed E-state index contributed by atoms with van der Waals surface area (Å²) in [5.41, 5.74) is -0.330. The van der Waals surface area contributed by atoms with Crippen LogP contribution in [0.5, 0.6) is 11.5 Å². The summed E-state index contributed by atoms with van der Waals surface area (Å²) in [4.78, 5) is 23.3. The Bertz CT molecular complexity index is 649. The van der Waals surface area contributed by atoms with Crippen LogP contribution in [0, 0.1) is 10.1 Å². The number of ether oxygens (including phenoxy) is 2. The molecule has 158 valence electrons. The van der Waals surface area contributed by atoms with Crippen LogP contribution in [0.3, 0.4) is 0 Å². The summed E-state index contributed by atoms with van der Waals surface area (Å²) in [6.45, 7) is 3.15. The van der Waals surface area contributed by atoms with Gasteiger partial charge in [-0.2, -0.15) is 0 Å². The van der Waals surface area contributed by atoms with Gasteiger partial charge in [0, 0.05) is 25.2 Å². The summed E-state index contributed by atoms with van der Waals surface area (Å²) in [5, 5.41) is 17.6. The fourth-order valence-electron chi connectivity index (χ4n) is 3.34. The highest BCUT2D eigenvalue weighted by Gasteiger charge is 2.24. The maximum Gasteiger partial charge on any atom is 0.286 e. The molecule has 0 radical (unpaired) electrons. The molecule has 1 aliphatic rings. The van der Waals surface area contributed by atoms with Gasteiger partial charge in [0.25, 0.3) is 11.6 Å². The van der Waals surface area contributed by atoms with Crippen LogP contribution in [-0.4, -0.2) is 43.7 Å². The Labute approximate surface area is 171 Å². The van der Waals surface area contributed by atoms with E-state index in [1.54, 1.807) is 6.92 Å². The molecule has 1 aromatic carbocycles. The minimum Gasteiger partial charge on any atom is -0.493 e.